The molecule has 8 nitrogen and oxygen atoms in total. The normalized spacial score (nSPS) is 11.6. The van der Waals surface area contributed by atoms with Gasteiger partial charge in [-0.05, 0) is 42.7 Å². The Morgan fingerprint density at radius 2 is 1.82 bits per heavy atom. The number of benzene rings is 2. The zero-order valence-corrected chi connectivity index (χ0v) is 20.1. The van der Waals surface area contributed by atoms with Gasteiger partial charge in [0.1, 0.15) is 5.75 Å². The number of rotatable bonds is 10. The van der Waals surface area contributed by atoms with Crippen LogP contribution in [0.5, 0.6) is 5.75 Å². The number of aryl methyl sites for hydroxylation is 1. The zero-order valence-electron chi connectivity index (χ0n) is 19.3. The van der Waals surface area contributed by atoms with Crippen molar-refractivity contribution in [3.63, 3.8) is 0 Å². The molecule has 2 amide bonds. The summed E-state index contributed by atoms with van der Waals surface area (Å²) >= 11 is 1.30. The van der Waals surface area contributed by atoms with Gasteiger partial charge in [-0.1, -0.05) is 49.0 Å². The summed E-state index contributed by atoms with van der Waals surface area (Å²) in [6.45, 7) is 3.91. The van der Waals surface area contributed by atoms with E-state index < -0.39 is 0 Å². The number of carbonyl (C=O) groups excluding carboxylic acids is 2. The molecule has 1 aromatic heterocycles. The van der Waals surface area contributed by atoms with Gasteiger partial charge < -0.3 is 19.9 Å². The zero-order chi connectivity index (χ0) is 23.8. The van der Waals surface area contributed by atoms with Gasteiger partial charge in [-0.3, -0.25) is 9.59 Å². The Kier molecular flexibility index (Phi) is 8.48. The number of nitrogens with zero attached hydrogens (tertiary/aromatic N) is 3. The molecule has 0 spiro atoms. The number of methoxy groups -OCH3 is 1. The molecule has 1 unspecified atom stereocenters. The predicted molar refractivity (Wildman–Crippen MR) is 129 cm³/mol. The molecule has 2 N–H and O–H groups in total. The Morgan fingerprint density at radius 1 is 1.09 bits per heavy atom. The number of hydrogen-bond acceptors (Lipinski definition) is 6. The van der Waals surface area contributed by atoms with Gasteiger partial charge in [0.2, 0.25) is 11.8 Å². The molecular weight excluding hydrogens is 438 g/mol. The van der Waals surface area contributed by atoms with Gasteiger partial charge in [0.05, 0.1) is 25.3 Å². The van der Waals surface area contributed by atoms with Crippen LogP contribution < -0.4 is 15.4 Å². The largest absolute Gasteiger partial charge is 0.497 e. The van der Waals surface area contributed by atoms with E-state index in [0.717, 1.165) is 29.0 Å². The monoisotopic (exact) mass is 467 g/mol. The highest BCUT2D eigenvalue weighted by Crippen LogP contribution is 2.21. The van der Waals surface area contributed by atoms with E-state index in [9.17, 15) is 9.59 Å². The molecule has 0 radical (unpaired) electrons. The van der Waals surface area contributed by atoms with Gasteiger partial charge >= 0.3 is 0 Å². The van der Waals surface area contributed by atoms with Crippen molar-refractivity contribution in [2.45, 2.75) is 37.9 Å². The van der Waals surface area contributed by atoms with Crippen LogP contribution in [-0.4, -0.2) is 39.4 Å². The second kappa shape index (κ2) is 11.5. The van der Waals surface area contributed by atoms with Crippen molar-refractivity contribution >= 4 is 29.3 Å². The van der Waals surface area contributed by atoms with Crippen LogP contribution in [0.2, 0.25) is 0 Å². The minimum atomic E-state index is -0.326. The van der Waals surface area contributed by atoms with Crippen molar-refractivity contribution < 1.29 is 14.3 Å². The lowest BCUT2D eigenvalue weighted by Gasteiger charge is -2.14. The fraction of sp³-hybridized carbons (Fsp3) is 0.333. The van der Waals surface area contributed by atoms with Gasteiger partial charge in [0, 0.05) is 12.7 Å². The summed E-state index contributed by atoms with van der Waals surface area (Å²) in [5.41, 5.74) is 2.82. The smallest absolute Gasteiger partial charge is 0.234 e. The molecule has 174 valence electrons. The molecule has 0 fully saturated rings. The van der Waals surface area contributed by atoms with Crippen LogP contribution in [0.4, 0.5) is 5.69 Å². The summed E-state index contributed by atoms with van der Waals surface area (Å²) in [5.74, 6) is 1.37. The van der Waals surface area contributed by atoms with Crippen molar-refractivity contribution in [1.82, 2.24) is 20.1 Å². The lowest BCUT2D eigenvalue weighted by atomic mass is 10.1. The van der Waals surface area contributed by atoms with E-state index >= 15 is 0 Å². The average molecular weight is 468 g/mol. The summed E-state index contributed by atoms with van der Waals surface area (Å²) in [7, 11) is 3.43. The topological polar surface area (TPSA) is 98.1 Å². The first kappa shape index (κ1) is 24.3. The van der Waals surface area contributed by atoms with E-state index in [0.29, 0.717) is 11.0 Å². The highest BCUT2D eigenvalue weighted by Gasteiger charge is 2.18. The molecule has 0 aliphatic heterocycles. The third-order valence-electron chi connectivity index (χ3n) is 5.16. The Labute approximate surface area is 198 Å². The van der Waals surface area contributed by atoms with Gasteiger partial charge in [-0.2, -0.15) is 0 Å². The molecule has 1 atom stereocenters. The lowest BCUT2D eigenvalue weighted by Crippen LogP contribution is -2.29. The molecular formula is C24H29N5O3S. The van der Waals surface area contributed by atoms with Gasteiger partial charge in [-0.25, -0.2) is 0 Å². The number of carbonyl (C=O) groups is 2. The Balaban J connectivity index is 1.53. The van der Waals surface area contributed by atoms with Crippen LogP contribution in [-0.2, 0) is 29.5 Å². The van der Waals surface area contributed by atoms with E-state index in [2.05, 4.69) is 27.8 Å². The Hall–Kier alpha value is -3.33. The predicted octanol–water partition coefficient (Wildman–Crippen LogP) is 3.54. The quantitative estimate of drug-likeness (QED) is 0.443. The van der Waals surface area contributed by atoms with Crippen molar-refractivity contribution in [2.24, 2.45) is 7.05 Å². The molecule has 3 rings (SSSR count). The van der Waals surface area contributed by atoms with Crippen LogP contribution in [0.1, 0.15) is 36.8 Å². The number of anilines is 1. The molecule has 0 saturated carbocycles. The van der Waals surface area contributed by atoms with E-state index in [4.69, 9.17) is 4.74 Å². The van der Waals surface area contributed by atoms with Crippen LogP contribution in [0.3, 0.4) is 0 Å². The van der Waals surface area contributed by atoms with E-state index in [1.807, 2.05) is 62.5 Å². The number of para-hydroxylation sites is 1. The molecule has 33 heavy (non-hydrogen) atoms. The molecule has 0 aliphatic carbocycles. The molecule has 3 aromatic rings. The number of thioether (sulfide) groups is 1. The number of ether oxygens (including phenoxy) is 1. The third-order valence-corrected chi connectivity index (χ3v) is 6.18. The molecule has 1 heterocycles. The minimum absolute atomic E-state index is 0.105. The number of hydrogen-bond donors (Lipinski definition) is 2. The summed E-state index contributed by atoms with van der Waals surface area (Å²) < 4.78 is 6.94. The molecule has 2 aromatic carbocycles. The molecule has 0 aliphatic rings. The van der Waals surface area contributed by atoms with E-state index in [-0.39, 0.29) is 30.0 Å². The van der Waals surface area contributed by atoms with Crippen LogP contribution in [0, 0.1) is 0 Å². The Morgan fingerprint density at radius 3 is 2.52 bits per heavy atom. The number of aromatic nitrogens is 3. The van der Waals surface area contributed by atoms with Crippen LogP contribution >= 0.6 is 11.8 Å². The lowest BCUT2D eigenvalue weighted by molar-refractivity contribution is -0.121. The van der Waals surface area contributed by atoms with Crippen molar-refractivity contribution in [3.8, 4) is 5.75 Å². The average Bonchev–Trinajstić information content (AvgIpc) is 3.18. The summed E-state index contributed by atoms with van der Waals surface area (Å²) in [6, 6.07) is 14.8. The molecule has 0 saturated heterocycles. The Bertz CT molecular complexity index is 1100. The second-order valence-electron chi connectivity index (χ2n) is 7.56. The second-order valence-corrected chi connectivity index (χ2v) is 8.50. The highest BCUT2D eigenvalue weighted by molar-refractivity contribution is 7.99. The number of amides is 2. The summed E-state index contributed by atoms with van der Waals surface area (Å²) in [4.78, 5) is 24.9. The fourth-order valence-corrected chi connectivity index (χ4v) is 4.10. The highest BCUT2D eigenvalue weighted by atomic mass is 32.2. The maximum atomic E-state index is 12.5. The standard InChI is InChI=1S/C24H29N5O3S/c1-5-18-8-6-7-9-20(18)26-22(31)15-33-24-28-27-23(29(24)3)16(2)25-21(30)14-17-10-12-19(32-4)13-11-17/h6-13,16H,5,14-15H2,1-4H3,(H,25,30)(H,26,31). The maximum absolute atomic E-state index is 12.5. The van der Waals surface area contributed by atoms with Crippen LogP contribution in [0.25, 0.3) is 0 Å². The first-order chi connectivity index (χ1) is 15.9. The first-order valence-corrected chi connectivity index (χ1v) is 11.7. The summed E-state index contributed by atoms with van der Waals surface area (Å²) in [6.07, 6.45) is 1.10. The fourth-order valence-electron chi connectivity index (χ4n) is 3.38. The van der Waals surface area contributed by atoms with Gasteiger partial charge in [0.15, 0.2) is 11.0 Å². The summed E-state index contributed by atoms with van der Waals surface area (Å²) in [5, 5.41) is 14.9. The SMILES string of the molecule is CCc1ccccc1NC(=O)CSc1nnc(C(C)NC(=O)Cc2ccc(OC)cc2)n1C. The van der Waals surface area contributed by atoms with Gasteiger partial charge in [-0.15, -0.1) is 10.2 Å². The van der Waals surface area contributed by atoms with Crippen molar-refractivity contribution in [3.05, 3.63) is 65.5 Å². The van der Waals surface area contributed by atoms with E-state index in [1.54, 1.807) is 11.7 Å². The minimum Gasteiger partial charge on any atom is -0.497 e. The maximum Gasteiger partial charge on any atom is 0.234 e. The third kappa shape index (κ3) is 6.58. The van der Waals surface area contributed by atoms with Crippen molar-refractivity contribution in [2.75, 3.05) is 18.2 Å². The first-order valence-electron chi connectivity index (χ1n) is 10.7. The van der Waals surface area contributed by atoms with Crippen molar-refractivity contribution in [1.29, 1.82) is 0 Å². The van der Waals surface area contributed by atoms with Crippen LogP contribution in [0.15, 0.2) is 53.7 Å². The van der Waals surface area contributed by atoms with E-state index in [1.165, 1.54) is 11.8 Å². The molecule has 9 heteroatoms. The van der Waals surface area contributed by atoms with Gasteiger partial charge in [0.25, 0.3) is 0 Å². The number of nitrogens with one attached hydrogen (secondary N) is 2. The molecule has 0 bridgehead atoms.